The van der Waals surface area contributed by atoms with Crippen molar-refractivity contribution in [3.05, 3.63) is 29.6 Å². The molecule has 2 unspecified atom stereocenters. The van der Waals surface area contributed by atoms with Gasteiger partial charge in [-0.3, -0.25) is 0 Å². The fraction of sp³-hybridized carbons (Fsp3) is 0.385. The molecule has 1 saturated carbocycles. The highest BCUT2D eigenvalue weighted by molar-refractivity contribution is 6.00. The molecule has 1 aromatic rings. The molecule has 2 atom stereocenters. The average molecular weight is 266 g/mol. The molecule has 6 heteroatoms. The Labute approximate surface area is 109 Å². The third kappa shape index (κ3) is 3.01. The number of rotatable bonds is 4. The lowest BCUT2D eigenvalue weighted by Crippen LogP contribution is -2.32. The number of urea groups is 1. The Hall–Kier alpha value is -2.11. The van der Waals surface area contributed by atoms with Crippen molar-refractivity contribution in [1.29, 1.82) is 0 Å². The largest absolute Gasteiger partial charge is 0.478 e. The van der Waals surface area contributed by atoms with E-state index in [4.69, 9.17) is 5.11 Å². The Bertz CT molecular complexity index is 519. The van der Waals surface area contributed by atoms with Crippen molar-refractivity contribution in [2.45, 2.75) is 25.8 Å². The van der Waals surface area contributed by atoms with E-state index in [1.165, 1.54) is 12.1 Å². The molecule has 3 N–H and O–H groups in total. The zero-order valence-corrected chi connectivity index (χ0v) is 10.4. The van der Waals surface area contributed by atoms with E-state index in [-0.39, 0.29) is 17.3 Å². The van der Waals surface area contributed by atoms with Crippen molar-refractivity contribution in [1.82, 2.24) is 5.32 Å². The Kier molecular flexibility index (Phi) is 3.69. The van der Waals surface area contributed by atoms with E-state index in [9.17, 15) is 14.0 Å². The second-order valence-corrected chi connectivity index (χ2v) is 4.58. The monoisotopic (exact) mass is 266 g/mol. The molecule has 0 heterocycles. The fourth-order valence-electron chi connectivity index (χ4n) is 2.02. The van der Waals surface area contributed by atoms with Gasteiger partial charge in [-0.25, -0.2) is 14.0 Å². The van der Waals surface area contributed by atoms with Crippen LogP contribution in [0.4, 0.5) is 14.9 Å². The first-order valence-electron chi connectivity index (χ1n) is 6.12. The number of hydrogen-bond acceptors (Lipinski definition) is 2. The number of halogens is 1. The first kappa shape index (κ1) is 13.3. The summed E-state index contributed by atoms with van der Waals surface area (Å²) >= 11 is 0. The van der Waals surface area contributed by atoms with Crippen LogP contribution < -0.4 is 10.6 Å². The van der Waals surface area contributed by atoms with Gasteiger partial charge >= 0.3 is 12.0 Å². The van der Waals surface area contributed by atoms with Crippen LogP contribution in [0, 0.1) is 11.7 Å². The van der Waals surface area contributed by atoms with Gasteiger partial charge in [-0.2, -0.15) is 0 Å². The van der Waals surface area contributed by atoms with Crippen molar-refractivity contribution in [2.24, 2.45) is 5.92 Å². The van der Waals surface area contributed by atoms with E-state index in [0.29, 0.717) is 5.92 Å². The second-order valence-electron chi connectivity index (χ2n) is 4.58. The lowest BCUT2D eigenvalue weighted by Gasteiger charge is -2.10. The average Bonchev–Trinajstić information content (AvgIpc) is 3.09. The predicted molar refractivity (Wildman–Crippen MR) is 67.7 cm³/mol. The highest BCUT2D eigenvalue weighted by Gasteiger charge is 2.36. The summed E-state index contributed by atoms with van der Waals surface area (Å²) in [6, 6.07) is 3.16. The van der Waals surface area contributed by atoms with Crippen LogP contribution >= 0.6 is 0 Å². The van der Waals surface area contributed by atoms with Crippen LogP contribution in [-0.2, 0) is 0 Å². The maximum absolute atomic E-state index is 13.6. The minimum Gasteiger partial charge on any atom is -0.478 e. The summed E-state index contributed by atoms with van der Waals surface area (Å²) in [5.41, 5.74) is -0.570. The Morgan fingerprint density at radius 2 is 2.21 bits per heavy atom. The maximum Gasteiger partial charge on any atom is 0.337 e. The standard InChI is InChI=1S/C13H15FN2O3/c1-2-7-6-10(7)15-13(19)16-11-8(12(17)18)4-3-5-9(11)14/h3-5,7,10H,2,6H2,1H3,(H,17,18)(H2,15,16,19). The first-order chi connectivity index (χ1) is 9.02. The molecule has 0 bridgehead atoms. The van der Waals surface area contributed by atoms with Crippen molar-refractivity contribution in [3.63, 3.8) is 0 Å². The third-order valence-corrected chi connectivity index (χ3v) is 3.25. The van der Waals surface area contributed by atoms with Gasteiger partial charge in [0.1, 0.15) is 5.82 Å². The van der Waals surface area contributed by atoms with Crippen LogP contribution in [0.1, 0.15) is 30.1 Å². The molecule has 1 fully saturated rings. The summed E-state index contributed by atoms with van der Waals surface area (Å²) in [4.78, 5) is 22.6. The number of carboxylic acid groups (broad SMARTS) is 1. The molecule has 19 heavy (non-hydrogen) atoms. The molecular weight excluding hydrogens is 251 g/mol. The third-order valence-electron chi connectivity index (χ3n) is 3.25. The van der Waals surface area contributed by atoms with Crippen molar-refractivity contribution in [2.75, 3.05) is 5.32 Å². The molecule has 0 saturated heterocycles. The highest BCUT2D eigenvalue weighted by Crippen LogP contribution is 2.33. The summed E-state index contributed by atoms with van der Waals surface area (Å²) < 4.78 is 13.6. The van der Waals surface area contributed by atoms with E-state index in [0.717, 1.165) is 18.9 Å². The van der Waals surface area contributed by atoms with Gasteiger partial charge in [-0.15, -0.1) is 0 Å². The van der Waals surface area contributed by atoms with E-state index >= 15 is 0 Å². The molecule has 0 radical (unpaired) electrons. The molecule has 5 nitrogen and oxygen atoms in total. The maximum atomic E-state index is 13.6. The molecule has 102 valence electrons. The number of carbonyl (C=O) groups excluding carboxylic acids is 1. The van der Waals surface area contributed by atoms with Gasteiger partial charge in [0.15, 0.2) is 0 Å². The lowest BCUT2D eigenvalue weighted by atomic mass is 10.1. The van der Waals surface area contributed by atoms with Crippen LogP contribution in [0.3, 0.4) is 0 Å². The molecule has 0 aromatic heterocycles. The second kappa shape index (κ2) is 5.26. The summed E-state index contributed by atoms with van der Waals surface area (Å²) in [7, 11) is 0. The number of carbonyl (C=O) groups is 2. The number of benzene rings is 1. The van der Waals surface area contributed by atoms with E-state index in [2.05, 4.69) is 10.6 Å². The molecule has 2 rings (SSSR count). The van der Waals surface area contributed by atoms with Gasteiger partial charge in [-0.05, 0) is 24.5 Å². The van der Waals surface area contributed by atoms with E-state index < -0.39 is 17.8 Å². The van der Waals surface area contributed by atoms with Crippen LogP contribution in [-0.4, -0.2) is 23.1 Å². The minimum atomic E-state index is -1.28. The zero-order valence-electron chi connectivity index (χ0n) is 10.4. The number of amides is 2. The number of para-hydroxylation sites is 1. The van der Waals surface area contributed by atoms with Gasteiger partial charge in [0, 0.05) is 6.04 Å². The quantitative estimate of drug-likeness (QED) is 0.783. The number of hydrogen-bond donors (Lipinski definition) is 3. The summed E-state index contributed by atoms with van der Waals surface area (Å²) in [6.07, 6.45) is 1.89. The van der Waals surface area contributed by atoms with E-state index in [1.54, 1.807) is 0 Å². The molecule has 0 spiro atoms. The number of anilines is 1. The Morgan fingerprint density at radius 1 is 1.47 bits per heavy atom. The Balaban J connectivity index is 2.06. The molecule has 1 aliphatic rings. The number of nitrogens with one attached hydrogen (secondary N) is 2. The molecule has 1 aromatic carbocycles. The van der Waals surface area contributed by atoms with Crippen LogP contribution in [0.25, 0.3) is 0 Å². The number of carboxylic acids is 1. The zero-order chi connectivity index (χ0) is 14.0. The highest BCUT2D eigenvalue weighted by atomic mass is 19.1. The molecular formula is C13H15FN2O3. The topological polar surface area (TPSA) is 78.4 Å². The summed E-state index contributed by atoms with van der Waals surface area (Å²) in [5.74, 6) is -1.59. The summed E-state index contributed by atoms with van der Waals surface area (Å²) in [5, 5.41) is 13.9. The van der Waals surface area contributed by atoms with Crippen LogP contribution in [0.2, 0.25) is 0 Å². The molecule has 1 aliphatic carbocycles. The fourth-order valence-corrected chi connectivity index (χ4v) is 2.02. The number of aromatic carboxylic acids is 1. The smallest absolute Gasteiger partial charge is 0.337 e. The van der Waals surface area contributed by atoms with Crippen LogP contribution in [0.15, 0.2) is 18.2 Å². The predicted octanol–water partition coefficient (Wildman–Crippen LogP) is 2.44. The SMILES string of the molecule is CCC1CC1NC(=O)Nc1c(F)cccc1C(=O)O. The van der Waals surface area contributed by atoms with Gasteiger partial charge < -0.3 is 15.7 Å². The normalized spacial score (nSPS) is 20.7. The lowest BCUT2D eigenvalue weighted by molar-refractivity contribution is 0.0697. The summed E-state index contributed by atoms with van der Waals surface area (Å²) in [6.45, 7) is 2.03. The van der Waals surface area contributed by atoms with E-state index in [1.807, 2.05) is 6.92 Å². The molecule has 0 aliphatic heterocycles. The van der Waals surface area contributed by atoms with Crippen molar-refractivity contribution >= 4 is 17.7 Å². The van der Waals surface area contributed by atoms with Gasteiger partial charge in [0.2, 0.25) is 0 Å². The van der Waals surface area contributed by atoms with Crippen molar-refractivity contribution in [3.8, 4) is 0 Å². The van der Waals surface area contributed by atoms with Gasteiger partial charge in [0.25, 0.3) is 0 Å². The minimum absolute atomic E-state index is 0.102. The van der Waals surface area contributed by atoms with Crippen molar-refractivity contribution < 1.29 is 19.1 Å². The Morgan fingerprint density at radius 3 is 2.79 bits per heavy atom. The van der Waals surface area contributed by atoms with Crippen LogP contribution in [0.5, 0.6) is 0 Å². The van der Waals surface area contributed by atoms with Gasteiger partial charge in [0.05, 0.1) is 11.3 Å². The van der Waals surface area contributed by atoms with Gasteiger partial charge in [-0.1, -0.05) is 19.4 Å². The first-order valence-corrected chi connectivity index (χ1v) is 6.12. The molecule has 2 amide bonds.